The predicted molar refractivity (Wildman–Crippen MR) is 121 cm³/mol. The highest BCUT2D eigenvalue weighted by Crippen LogP contribution is 2.23. The summed E-state index contributed by atoms with van der Waals surface area (Å²) in [6, 6.07) is 13.4. The van der Waals surface area contributed by atoms with Gasteiger partial charge in [-0.25, -0.2) is 8.42 Å². The van der Waals surface area contributed by atoms with Gasteiger partial charge in [0.15, 0.2) is 9.84 Å². The lowest BCUT2D eigenvalue weighted by Crippen LogP contribution is -2.33. The zero-order valence-corrected chi connectivity index (χ0v) is 19.1. The summed E-state index contributed by atoms with van der Waals surface area (Å²) < 4.78 is 25.3. The molecule has 0 fully saturated rings. The van der Waals surface area contributed by atoms with Crippen LogP contribution in [0.4, 0.5) is 0 Å². The van der Waals surface area contributed by atoms with Crippen molar-refractivity contribution in [2.45, 2.75) is 38.0 Å². The van der Waals surface area contributed by atoms with E-state index in [1.165, 1.54) is 4.90 Å². The maximum absolute atomic E-state index is 12.6. The Bertz CT molecular complexity index is 1090. The van der Waals surface area contributed by atoms with Crippen molar-refractivity contribution in [3.63, 3.8) is 0 Å². The van der Waals surface area contributed by atoms with E-state index in [1.54, 1.807) is 62.4 Å². The van der Waals surface area contributed by atoms with Gasteiger partial charge in [0, 0.05) is 6.54 Å². The molecule has 32 heavy (non-hydrogen) atoms. The van der Waals surface area contributed by atoms with Crippen LogP contribution in [0.15, 0.2) is 53.4 Å². The predicted octanol–water partition coefficient (Wildman–Crippen LogP) is 2.84. The molecule has 2 aromatic rings. The lowest BCUT2D eigenvalue weighted by Gasteiger charge is -2.17. The molecule has 1 heterocycles. The Balaban J connectivity index is 1.53. The number of sulfone groups is 1. The van der Waals surface area contributed by atoms with Crippen LogP contribution in [0.25, 0.3) is 0 Å². The summed E-state index contributed by atoms with van der Waals surface area (Å²) in [6.07, 6.45) is 2.09. The number of hydrogen-bond donors (Lipinski definition) is 1. The largest absolute Gasteiger partial charge is 0.369 e. The number of amides is 3. The van der Waals surface area contributed by atoms with Crippen molar-refractivity contribution in [2.75, 3.05) is 12.3 Å². The second-order valence-electron chi connectivity index (χ2n) is 8.44. The Morgan fingerprint density at radius 3 is 2.00 bits per heavy atom. The molecule has 1 aliphatic heterocycles. The fraction of sp³-hybridized carbons (Fsp3) is 0.375. The van der Waals surface area contributed by atoms with Gasteiger partial charge in [-0.2, -0.15) is 0 Å². The Hall–Kier alpha value is -3.00. The minimum Gasteiger partial charge on any atom is -0.369 e. The number of fused-ring (bicyclic) bond motifs is 1. The van der Waals surface area contributed by atoms with Gasteiger partial charge in [0.1, 0.15) is 0 Å². The Morgan fingerprint density at radius 2 is 1.50 bits per heavy atom. The van der Waals surface area contributed by atoms with E-state index in [-0.39, 0.29) is 28.4 Å². The number of unbranched alkanes of at least 4 members (excludes halogenated alkanes) is 1. The highest BCUT2D eigenvalue weighted by molar-refractivity contribution is 7.91. The van der Waals surface area contributed by atoms with Gasteiger partial charge in [0.05, 0.1) is 27.7 Å². The van der Waals surface area contributed by atoms with Gasteiger partial charge in [-0.15, -0.1) is 0 Å². The van der Waals surface area contributed by atoms with E-state index in [9.17, 15) is 22.8 Å². The molecule has 0 radical (unpaired) electrons. The van der Waals surface area contributed by atoms with Gasteiger partial charge in [0.2, 0.25) is 5.91 Å². The summed E-state index contributed by atoms with van der Waals surface area (Å²) in [5, 5.41) is 0. The molecule has 0 saturated carbocycles. The van der Waals surface area contributed by atoms with Crippen LogP contribution in [0, 0.1) is 11.8 Å². The monoisotopic (exact) mass is 456 g/mol. The second kappa shape index (κ2) is 9.65. The number of carbonyl (C=O) groups excluding carboxylic acids is 3. The number of carbonyl (C=O) groups is 3. The minimum absolute atomic E-state index is 0.163. The molecule has 8 heteroatoms. The van der Waals surface area contributed by atoms with Crippen molar-refractivity contribution < 1.29 is 22.8 Å². The molecule has 0 aromatic heterocycles. The zero-order chi connectivity index (χ0) is 23.5. The maximum Gasteiger partial charge on any atom is 0.261 e. The van der Waals surface area contributed by atoms with E-state index in [0.29, 0.717) is 30.5 Å². The normalized spacial score (nSPS) is 14.7. The zero-order valence-electron chi connectivity index (χ0n) is 18.3. The number of rotatable bonds is 10. The summed E-state index contributed by atoms with van der Waals surface area (Å²) in [7, 11) is -3.62. The summed E-state index contributed by atoms with van der Waals surface area (Å²) in [5.41, 5.74) is 7.21. The van der Waals surface area contributed by atoms with Crippen molar-refractivity contribution in [1.82, 2.24) is 4.90 Å². The molecule has 1 atom stereocenters. The molecule has 2 N–H and O–H groups in total. The van der Waals surface area contributed by atoms with Crippen LogP contribution in [0.5, 0.6) is 0 Å². The maximum atomic E-state index is 12.6. The summed E-state index contributed by atoms with van der Waals surface area (Å²) in [5.74, 6) is -2.32. The van der Waals surface area contributed by atoms with Crippen LogP contribution in [-0.2, 0) is 21.1 Å². The standard InChI is InChI=1S/C24H28N2O5S/c1-16(2)21(22(25)27)15-32(30,31)18-12-10-17(11-13-18)7-5-6-14-26-23(28)19-8-3-4-9-20(19)24(26)29/h3-4,8-13,16,21H,5-7,14-15H2,1-2H3,(H2,25,27)/t21-/m0/s1. The van der Waals surface area contributed by atoms with Crippen LogP contribution >= 0.6 is 0 Å². The molecule has 0 unspecified atom stereocenters. The molecule has 7 nitrogen and oxygen atoms in total. The first-order valence-corrected chi connectivity index (χ1v) is 12.3. The van der Waals surface area contributed by atoms with Crippen LogP contribution in [0.2, 0.25) is 0 Å². The molecule has 170 valence electrons. The molecule has 3 rings (SSSR count). The number of primary amides is 1. The number of nitrogens with zero attached hydrogens (tertiary/aromatic N) is 1. The smallest absolute Gasteiger partial charge is 0.261 e. The summed E-state index contributed by atoms with van der Waals surface area (Å²) >= 11 is 0. The Labute approximate surface area is 188 Å². The summed E-state index contributed by atoms with van der Waals surface area (Å²) in [6.45, 7) is 3.90. The lowest BCUT2D eigenvalue weighted by molar-refractivity contribution is -0.122. The fourth-order valence-electron chi connectivity index (χ4n) is 3.84. The van der Waals surface area contributed by atoms with E-state index in [2.05, 4.69) is 0 Å². The van der Waals surface area contributed by atoms with Gasteiger partial charge in [0.25, 0.3) is 11.8 Å². The van der Waals surface area contributed by atoms with Crippen molar-refractivity contribution >= 4 is 27.6 Å². The van der Waals surface area contributed by atoms with E-state index in [4.69, 9.17) is 5.73 Å². The quantitative estimate of drug-likeness (QED) is 0.436. The molecule has 0 saturated heterocycles. The van der Waals surface area contributed by atoms with Crippen LogP contribution in [-0.4, -0.2) is 43.3 Å². The molecule has 1 aliphatic rings. The molecule has 0 bridgehead atoms. The molecule has 3 amide bonds. The van der Waals surface area contributed by atoms with Gasteiger partial charge in [-0.3, -0.25) is 19.3 Å². The number of aryl methyl sites for hydroxylation is 1. The average Bonchev–Trinajstić information content (AvgIpc) is 3.00. The third-order valence-corrected chi connectivity index (χ3v) is 7.62. The first-order chi connectivity index (χ1) is 15.1. The first-order valence-electron chi connectivity index (χ1n) is 10.7. The van der Waals surface area contributed by atoms with E-state index < -0.39 is 21.7 Å². The average molecular weight is 457 g/mol. The van der Waals surface area contributed by atoms with E-state index in [0.717, 1.165) is 12.0 Å². The van der Waals surface area contributed by atoms with Crippen molar-refractivity contribution in [1.29, 1.82) is 0 Å². The van der Waals surface area contributed by atoms with Crippen molar-refractivity contribution in [3.05, 3.63) is 65.2 Å². The Morgan fingerprint density at radius 1 is 0.938 bits per heavy atom. The number of nitrogens with two attached hydrogens (primary N) is 1. The van der Waals surface area contributed by atoms with Crippen LogP contribution in [0.1, 0.15) is 53.0 Å². The number of hydrogen-bond acceptors (Lipinski definition) is 5. The van der Waals surface area contributed by atoms with Gasteiger partial charge >= 0.3 is 0 Å². The third-order valence-electron chi connectivity index (χ3n) is 5.83. The number of imide groups is 1. The van der Waals surface area contributed by atoms with E-state index >= 15 is 0 Å². The number of benzene rings is 2. The van der Waals surface area contributed by atoms with Crippen LogP contribution < -0.4 is 5.73 Å². The second-order valence-corrected chi connectivity index (χ2v) is 10.5. The molecule has 0 aliphatic carbocycles. The first kappa shape index (κ1) is 23.7. The van der Waals surface area contributed by atoms with Gasteiger partial charge in [-0.05, 0) is 55.0 Å². The highest BCUT2D eigenvalue weighted by Gasteiger charge is 2.34. The summed E-state index contributed by atoms with van der Waals surface area (Å²) in [4.78, 5) is 37.8. The molecular formula is C24H28N2O5S. The molecular weight excluding hydrogens is 428 g/mol. The van der Waals surface area contributed by atoms with Gasteiger partial charge in [-0.1, -0.05) is 38.1 Å². The van der Waals surface area contributed by atoms with Crippen molar-refractivity contribution in [2.24, 2.45) is 17.6 Å². The van der Waals surface area contributed by atoms with Gasteiger partial charge < -0.3 is 5.73 Å². The highest BCUT2D eigenvalue weighted by atomic mass is 32.2. The Kier molecular flexibility index (Phi) is 7.13. The minimum atomic E-state index is -3.62. The third kappa shape index (κ3) is 5.07. The molecule has 0 spiro atoms. The molecule has 2 aromatic carbocycles. The topological polar surface area (TPSA) is 115 Å². The lowest BCUT2D eigenvalue weighted by atomic mass is 9.98. The van der Waals surface area contributed by atoms with Crippen LogP contribution in [0.3, 0.4) is 0 Å². The fourth-order valence-corrected chi connectivity index (χ4v) is 5.61. The van der Waals surface area contributed by atoms with E-state index in [1.807, 2.05) is 0 Å². The van der Waals surface area contributed by atoms with Crippen molar-refractivity contribution in [3.8, 4) is 0 Å². The SMILES string of the molecule is CC(C)[C@H](CS(=O)(=O)c1ccc(CCCCN2C(=O)c3ccccc3C2=O)cc1)C(N)=O.